The van der Waals surface area contributed by atoms with Crippen molar-refractivity contribution in [2.24, 2.45) is 5.73 Å². The normalized spacial score (nSPS) is 24.0. The van der Waals surface area contributed by atoms with Crippen molar-refractivity contribution in [2.75, 3.05) is 26.2 Å². The van der Waals surface area contributed by atoms with Crippen molar-refractivity contribution in [2.45, 2.75) is 37.7 Å². The summed E-state index contributed by atoms with van der Waals surface area (Å²) in [6, 6.07) is -0.586. The Balaban J connectivity index is 1.86. The Hall–Kier alpha value is -1.65. The number of hydrogen-bond acceptors (Lipinski definition) is 6. The Bertz CT molecular complexity index is 475. The first kappa shape index (κ1) is 17.7. The van der Waals surface area contributed by atoms with E-state index in [-0.39, 0.29) is 30.8 Å². The maximum atomic E-state index is 12.2. The summed E-state index contributed by atoms with van der Waals surface area (Å²) in [6.07, 6.45) is 2.50. The monoisotopic (exact) mass is 326 g/mol. The molecule has 0 radical (unpaired) electrons. The minimum absolute atomic E-state index is 0.146. The van der Waals surface area contributed by atoms with Gasteiger partial charge in [-0.05, 0) is 25.7 Å². The highest BCUT2D eigenvalue weighted by molar-refractivity contribution is 6.43. The predicted molar refractivity (Wildman–Crippen MR) is 81.7 cm³/mol. The number of nitrogens with zero attached hydrogens (tertiary/aromatic N) is 2. The van der Waals surface area contributed by atoms with Crippen LogP contribution in [0.15, 0.2) is 0 Å². The van der Waals surface area contributed by atoms with Gasteiger partial charge in [-0.1, -0.05) is 0 Å². The van der Waals surface area contributed by atoms with Crippen LogP contribution >= 0.6 is 0 Å². The first-order chi connectivity index (χ1) is 11.0. The molecule has 10 heteroatoms. The quantitative estimate of drug-likeness (QED) is 0.399. The summed E-state index contributed by atoms with van der Waals surface area (Å²) in [5, 5.41) is 21.1. The van der Waals surface area contributed by atoms with E-state index in [1.807, 2.05) is 0 Å². The van der Waals surface area contributed by atoms with Crippen LogP contribution in [0.25, 0.3) is 0 Å². The van der Waals surface area contributed by atoms with Crippen molar-refractivity contribution in [3.8, 4) is 0 Å². The van der Waals surface area contributed by atoms with Crippen molar-refractivity contribution in [3.05, 3.63) is 0 Å². The van der Waals surface area contributed by atoms with Crippen molar-refractivity contribution >= 4 is 24.8 Å². The van der Waals surface area contributed by atoms with Crippen molar-refractivity contribution in [3.63, 3.8) is 0 Å². The molecule has 0 aromatic carbocycles. The third-order valence-corrected chi connectivity index (χ3v) is 4.43. The molecule has 0 aliphatic carbocycles. The zero-order valence-corrected chi connectivity index (χ0v) is 13.0. The molecule has 3 amide bonds. The Morgan fingerprint density at radius 3 is 2.39 bits per heavy atom. The SMILES string of the molecule is NCC(=O)N1CCC[C@H]1C(=O)NCC(=O)N1CCC[C@H]1B(O)O. The van der Waals surface area contributed by atoms with E-state index in [1.54, 1.807) is 0 Å². The van der Waals surface area contributed by atoms with Gasteiger partial charge in [-0.25, -0.2) is 0 Å². The maximum absolute atomic E-state index is 12.2. The number of rotatable bonds is 5. The Labute approximate surface area is 134 Å². The zero-order valence-electron chi connectivity index (χ0n) is 13.0. The van der Waals surface area contributed by atoms with Crippen LogP contribution in [0.3, 0.4) is 0 Å². The second-order valence-corrected chi connectivity index (χ2v) is 5.88. The van der Waals surface area contributed by atoms with Crippen LogP contribution in [0.2, 0.25) is 0 Å². The van der Waals surface area contributed by atoms with Gasteiger partial charge >= 0.3 is 7.12 Å². The molecule has 2 aliphatic rings. The molecule has 0 aromatic rings. The molecule has 5 N–H and O–H groups in total. The van der Waals surface area contributed by atoms with Gasteiger partial charge < -0.3 is 30.9 Å². The number of likely N-dealkylation sites (tertiary alicyclic amines) is 2. The molecule has 0 spiro atoms. The molecular formula is C13H23BN4O5. The lowest BCUT2D eigenvalue weighted by Crippen LogP contribution is -2.52. The van der Waals surface area contributed by atoms with Gasteiger partial charge in [-0.15, -0.1) is 0 Å². The van der Waals surface area contributed by atoms with Gasteiger partial charge in [0.05, 0.1) is 19.0 Å². The van der Waals surface area contributed by atoms with Gasteiger partial charge in [-0.2, -0.15) is 0 Å². The Morgan fingerprint density at radius 1 is 1.09 bits per heavy atom. The van der Waals surface area contributed by atoms with E-state index >= 15 is 0 Å². The minimum Gasteiger partial charge on any atom is -0.426 e. The van der Waals surface area contributed by atoms with E-state index in [9.17, 15) is 24.4 Å². The lowest BCUT2D eigenvalue weighted by Gasteiger charge is -2.26. The fraction of sp³-hybridized carbons (Fsp3) is 0.769. The van der Waals surface area contributed by atoms with Crippen LogP contribution in [0.4, 0.5) is 0 Å². The fourth-order valence-corrected chi connectivity index (χ4v) is 3.25. The first-order valence-electron chi connectivity index (χ1n) is 7.88. The third-order valence-electron chi connectivity index (χ3n) is 4.43. The number of hydrogen-bond donors (Lipinski definition) is 4. The molecule has 0 unspecified atom stereocenters. The molecule has 0 aromatic heterocycles. The van der Waals surface area contributed by atoms with E-state index in [2.05, 4.69) is 5.32 Å². The number of carbonyl (C=O) groups is 3. The Morgan fingerprint density at radius 2 is 1.74 bits per heavy atom. The lowest BCUT2D eigenvalue weighted by atomic mass is 9.78. The highest BCUT2D eigenvalue weighted by Crippen LogP contribution is 2.19. The largest absolute Gasteiger partial charge is 0.475 e. The van der Waals surface area contributed by atoms with Crippen LogP contribution in [-0.4, -0.2) is 82.8 Å². The molecule has 9 nitrogen and oxygen atoms in total. The molecule has 128 valence electrons. The van der Waals surface area contributed by atoms with Gasteiger partial charge in [0.1, 0.15) is 6.04 Å². The van der Waals surface area contributed by atoms with Gasteiger partial charge in [0.25, 0.3) is 0 Å². The van der Waals surface area contributed by atoms with Crippen LogP contribution in [-0.2, 0) is 14.4 Å². The summed E-state index contributed by atoms with van der Waals surface area (Å²) in [5.74, 6) is -1.64. The van der Waals surface area contributed by atoms with Crippen LogP contribution in [0, 0.1) is 0 Å². The smallest absolute Gasteiger partial charge is 0.426 e. The molecular weight excluding hydrogens is 303 g/mol. The van der Waals surface area contributed by atoms with E-state index in [1.165, 1.54) is 9.80 Å². The number of nitrogens with two attached hydrogens (primary N) is 1. The molecule has 2 aliphatic heterocycles. The first-order valence-corrected chi connectivity index (χ1v) is 7.88. The second kappa shape index (κ2) is 7.76. The van der Waals surface area contributed by atoms with Gasteiger partial charge in [-0.3, -0.25) is 14.4 Å². The van der Waals surface area contributed by atoms with Gasteiger partial charge in [0.2, 0.25) is 17.7 Å². The van der Waals surface area contributed by atoms with Crippen LogP contribution in [0.5, 0.6) is 0 Å². The highest BCUT2D eigenvalue weighted by Gasteiger charge is 2.37. The number of nitrogens with one attached hydrogen (secondary N) is 1. The average Bonchev–Trinajstić information content (AvgIpc) is 3.19. The summed E-state index contributed by atoms with van der Waals surface area (Å²) in [7, 11) is -1.58. The van der Waals surface area contributed by atoms with Crippen molar-refractivity contribution < 1.29 is 24.4 Å². The topological polar surface area (TPSA) is 136 Å². The molecule has 2 fully saturated rings. The van der Waals surface area contributed by atoms with E-state index in [4.69, 9.17) is 5.73 Å². The summed E-state index contributed by atoms with van der Waals surface area (Å²) >= 11 is 0. The van der Waals surface area contributed by atoms with Crippen LogP contribution in [0.1, 0.15) is 25.7 Å². The molecule has 2 rings (SSSR count). The predicted octanol–water partition coefficient (Wildman–Crippen LogP) is -2.94. The fourth-order valence-electron chi connectivity index (χ4n) is 3.25. The minimum atomic E-state index is -1.58. The number of amides is 3. The summed E-state index contributed by atoms with van der Waals surface area (Å²) in [6.45, 7) is 0.570. The molecule has 23 heavy (non-hydrogen) atoms. The van der Waals surface area contributed by atoms with Crippen molar-refractivity contribution in [1.82, 2.24) is 15.1 Å². The number of carbonyl (C=O) groups excluding carboxylic acids is 3. The van der Waals surface area contributed by atoms with Gasteiger partial charge in [0, 0.05) is 13.1 Å². The summed E-state index contributed by atoms with van der Waals surface area (Å²) in [5.41, 5.74) is 5.33. The third kappa shape index (κ3) is 4.01. The second-order valence-electron chi connectivity index (χ2n) is 5.88. The zero-order chi connectivity index (χ0) is 17.0. The maximum Gasteiger partial charge on any atom is 0.475 e. The van der Waals surface area contributed by atoms with E-state index in [0.717, 1.165) is 6.42 Å². The highest BCUT2D eigenvalue weighted by atomic mass is 16.4. The van der Waals surface area contributed by atoms with Crippen molar-refractivity contribution in [1.29, 1.82) is 0 Å². The molecule has 2 atom stereocenters. The molecule has 2 heterocycles. The molecule has 2 saturated heterocycles. The summed E-state index contributed by atoms with van der Waals surface area (Å²) in [4.78, 5) is 38.8. The van der Waals surface area contributed by atoms with E-state index in [0.29, 0.717) is 32.4 Å². The molecule has 0 bridgehead atoms. The standard InChI is InChI=1S/C13H23BN4O5/c15-7-11(19)17-5-1-3-9(17)13(21)16-8-12(20)18-6-2-4-10(18)14(22)23/h9-10,22-23H,1-8,15H2,(H,16,21)/t9-,10-/m0/s1. The van der Waals surface area contributed by atoms with E-state index < -0.39 is 19.1 Å². The van der Waals surface area contributed by atoms with Gasteiger partial charge in [0.15, 0.2) is 0 Å². The molecule has 0 saturated carbocycles. The average molecular weight is 326 g/mol. The lowest BCUT2D eigenvalue weighted by molar-refractivity contribution is -0.138. The Kier molecular flexibility index (Phi) is 5.97. The van der Waals surface area contributed by atoms with Crippen LogP contribution < -0.4 is 11.1 Å². The summed E-state index contributed by atoms with van der Waals surface area (Å²) < 4.78 is 0.